The van der Waals surface area contributed by atoms with Gasteiger partial charge in [0, 0.05) is 31.4 Å². The first-order valence-electron chi connectivity index (χ1n) is 8.30. The summed E-state index contributed by atoms with van der Waals surface area (Å²) in [6.07, 6.45) is 1.26. The van der Waals surface area contributed by atoms with Gasteiger partial charge < -0.3 is 10.1 Å². The Hall–Kier alpha value is -2.41. The van der Waals surface area contributed by atoms with E-state index in [-0.39, 0.29) is 11.6 Å². The van der Waals surface area contributed by atoms with Crippen molar-refractivity contribution in [2.75, 3.05) is 13.6 Å². The summed E-state index contributed by atoms with van der Waals surface area (Å²) in [5.74, 6) is 0. The molecular formula is C18H26N4O3. The van der Waals surface area contributed by atoms with Crippen molar-refractivity contribution in [3.05, 3.63) is 46.5 Å². The van der Waals surface area contributed by atoms with Gasteiger partial charge in [-0.2, -0.15) is 0 Å². The van der Waals surface area contributed by atoms with E-state index in [9.17, 15) is 9.59 Å². The molecule has 136 valence electrons. The van der Waals surface area contributed by atoms with E-state index in [0.717, 1.165) is 0 Å². The maximum Gasteiger partial charge on any atom is 0.407 e. The van der Waals surface area contributed by atoms with Crippen LogP contribution in [-0.2, 0) is 11.3 Å². The smallest absolute Gasteiger partial charge is 0.407 e. The topological polar surface area (TPSA) is 75.9 Å². The molecule has 0 aromatic carbocycles. The van der Waals surface area contributed by atoms with Crippen LogP contribution in [0, 0.1) is 0 Å². The van der Waals surface area contributed by atoms with Crippen LogP contribution in [0.15, 0.2) is 35.3 Å². The Morgan fingerprint density at radius 2 is 2.12 bits per heavy atom. The minimum atomic E-state index is -0.517. The molecule has 2 aromatic heterocycles. The second-order valence-corrected chi connectivity index (χ2v) is 7.16. The van der Waals surface area contributed by atoms with Crippen molar-refractivity contribution in [2.24, 2.45) is 0 Å². The first-order chi connectivity index (χ1) is 11.7. The van der Waals surface area contributed by atoms with Gasteiger partial charge in [0.25, 0.3) is 5.56 Å². The van der Waals surface area contributed by atoms with Crippen molar-refractivity contribution in [2.45, 2.75) is 45.9 Å². The lowest BCUT2D eigenvalue weighted by Gasteiger charge is -2.25. The molecule has 7 heteroatoms. The van der Waals surface area contributed by atoms with E-state index in [4.69, 9.17) is 4.74 Å². The third-order valence-corrected chi connectivity index (χ3v) is 3.73. The van der Waals surface area contributed by atoms with Crippen molar-refractivity contribution in [3.8, 4) is 0 Å². The van der Waals surface area contributed by atoms with E-state index in [0.29, 0.717) is 24.4 Å². The fraction of sp³-hybridized carbons (Fsp3) is 0.500. The van der Waals surface area contributed by atoms with E-state index in [1.165, 1.54) is 10.5 Å². The van der Waals surface area contributed by atoms with E-state index in [2.05, 4.69) is 10.3 Å². The van der Waals surface area contributed by atoms with Crippen LogP contribution in [0.5, 0.6) is 0 Å². The molecule has 0 bridgehead atoms. The summed E-state index contributed by atoms with van der Waals surface area (Å²) < 4.78 is 6.74. The molecule has 0 radical (unpaired) electrons. The highest BCUT2D eigenvalue weighted by molar-refractivity contribution is 5.67. The Kier molecular flexibility index (Phi) is 5.79. The third kappa shape index (κ3) is 5.56. The van der Waals surface area contributed by atoms with Gasteiger partial charge in [0.05, 0.1) is 5.69 Å². The average molecular weight is 346 g/mol. The number of rotatable bonds is 5. The van der Waals surface area contributed by atoms with Gasteiger partial charge in [-0.15, -0.1) is 0 Å². The van der Waals surface area contributed by atoms with Gasteiger partial charge in [0.2, 0.25) is 0 Å². The zero-order chi connectivity index (χ0) is 18.6. The number of pyridine rings is 1. The molecule has 2 rings (SSSR count). The van der Waals surface area contributed by atoms with Gasteiger partial charge >= 0.3 is 6.09 Å². The first kappa shape index (κ1) is 18.9. The van der Waals surface area contributed by atoms with Gasteiger partial charge in [-0.1, -0.05) is 6.07 Å². The minimum absolute atomic E-state index is 0.0588. The molecule has 2 aromatic rings. The number of amides is 1. The van der Waals surface area contributed by atoms with E-state index >= 15 is 0 Å². The molecule has 25 heavy (non-hydrogen) atoms. The second kappa shape index (κ2) is 7.65. The quantitative estimate of drug-likeness (QED) is 0.897. The molecule has 1 amide bonds. The molecule has 7 nitrogen and oxygen atoms in total. The summed E-state index contributed by atoms with van der Waals surface area (Å²) in [5.41, 5.74) is 0.700. The average Bonchev–Trinajstić information content (AvgIpc) is 2.51. The molecule has 0 fully saturated rings. The standard InChI is InChI=1S/C18H26N4O3/c1-13(11-19-17(24)25-18(2,3)4)21(5)12-14-10-16(23)22-9-7-6-8-15(22)20-14/h6-10,13H,11-12H2,1-5H3,(H,19,24)/t13-/m1/s1. The number of likely N-dealkylation sites (N-methyl/N-ethyl adjacent to an activating group) is 1. The summed E-state index contributed by atoms with van der Waals surface area (Å²) in [6, 6.07) is 7.05. The number of carbonyl (C=O) groups is 1. The number of nitrogens with one attached hydrogen (secondary N) is 1. The Labute approximate surface area is 147 Å². The Balaban J connectivity index is 1.96. The Morgan fingerprint density at radius 3 is 2.80 bits per heavy atom. The van der Waals surface area contributed by atoms with Gasteiger partial charge in [0.15, 0.2) is 0 Å². The Morgan fingerprint density at radius 1 is 1.40 bits per heavy atom. The molecule has 0 spiro atoms. The van der Waals surface area contributed by atoms with Gasteiger partial charge in [-0.05, 0) is 46.9 Å². The highest BCUT2D eigenvalue weighted by Crippen LogP contribution is 2.07. The van der Waals surface area contributed by atoms with E-state index < -0.39 is 11.7 Å². The number of fused-ring (bicyclic) bond motifs is 1. The number of alkyl carbamates (subject to hydrolysis) is 1. The zero-order valence-electron chi connectivity index (χ0n) is 15.4. The van der Waals surface area contributed by atoms with Gasteiger partial charge in [0.1, 0.15) is 11.2 Å². The first-order valence-corrected chi connectivity index (χ1v) is 8.30. The van der Waals surface area contributed by atoms with Crippen LogP contribution >= 0.6 is 0 Å². The van der Waals surface area contributed by atoms with Crippen LogP contribution in [0.3, 0.4) is 0 Å². The summed E-state index contributed by atoms with van der Waals surface area (Å²) in [6.45, 7) is 8.42. The lowest BCUT2D eigenvalue weighted by molar-refractivity contribution is 0.0512. The fourth-order valence-corrected chi connectivity index (χ4v) is 2.30. The highest BCUT2D eigenvalue weighted by atomic mass is 16.6. The molecular weight excluding hydrogens is 320 g/mol. The van der Waals surface area contributed by atoms with Crippen LogP contribution in [0.25, 0.3) is 5.65 Å². The third-order valence-electron chi connectivity index (χ3n) is 3.73. The second-order valence-electron chi connectivity index (χ2n) is 7.16. The molecule has 0 aliphatic carbocycles. The molecule has 0 aliphatic rings. The predicted octanol–water partition coefficient (Wildman–Crippen LogP) is 2.04. The van der Waals surface area contributed by atoms with Crippen molar-refractivity contribution in [1.29, 1.82) is 0 Å². The molecule has 0 aliphatic heterocycles. The normalized spacial score (nSPS) is 13.0. The SMILES string of the molecule is C[C@H](CNC(=O)OC(C)(C)C)N(C)Cc1cc(=O)n2ccccc2n1. The molecule has 0 unspecified atom stereocenters. The van der Waals surface area contributed by atoms with Gasteiger partial charge in [-0.3, -0.25) is 14.1 Å². The number of hydrogen-bond donors (Lipinski definition) is 1. The monoisotopic (exact) mass is 346 g/mol. The molecule has 1 atom stereocenters. The fourth-order valence-electron chi connectivity index (χ4n) is 2.30. The predicted molar refractivity (Wildman–Crippen MR) is 96.6 cm³/mol. The lowest BCUT2D eigenvalue weighted by atomic mass is 10.2. The molecule has 0 saturated carbocycles. The van der Waals surface area contributed by atoms with Crippen molar-refractivity contribution in [3.63, 3.8) is 0 Å². The number of hydrogen-bond acceptors (Lipinski definition) is 5. The molecule has 0 saturated heterocycles. The molecule has 2 heterocycles. The highest BCUT2D eigenvalue weighted by Gasteiger charge is 2.18. The van der Waals surface area contributed by atoms with Crippen molar-refractivity contribution in [1.82, 2.24) is 19.6 Å². The zero-order valence-corrected chi connectivity index (χ0v) is 15.4. The Bertz CT molecular complexity index is 795. The number of nitrogens with zero attached hydrogens (tertiary/aromatic N) is 3. The van der Waals surface area contributed by atoms with E-state index in [1.807, 2.05) is 45.7 Å². The number of aromatic nitrogens is 2. The maximum atomic E-state index is 12.1. The van der Waals surface area contributed by atoms with Crippen LogP contribution in [0.1, 0.15) is 33.4 Å². The minimum Gasteiger partial charge on any atom is -0.444 e. The summed E-state index contributed by atoms with van der Waals surface area (Å²) in [7, 11) is 1.93. The summed E-state index contributed by atoms with van der Waals surface area (Å²) in [5, 5.41) is 2.76. The number of carbonyl (C=O) groups excluding carboxylic acids is 1. The summed E-state index contributed by atoms with van der Waals surface area (Å²) in [4.78, 5) is 30.4. The maximum absolute atomic E-state index is 12.1. The lowest BCUT2D eigenvalue weighted by Crippen LogP contribution is -2.42. The summed E-state index contributed by atoms with van der Waals surface area (Å²) >= 11 is 0. The van der Waals surface area contributed by atoms with Crippen molar-refractivity contribution < 1.29 is 9.53 Å². The largest absolute Gasteiger partial charge is 0.444 e. The van der Waals surface area contributed by atoms with Crippen LogP contribution in [0.2, 0.25) is 0 Å². The van der Waals surface area contributed by atoms with Crippen LogP contribution in [-0.4, -0.2) is 45.6 Å². The van der Waals surface area contributed by atoms with Crippen LogP contribution in [0.4, 0.5) is 4.79 Å². The molecule has 1 N–H and O–H groups in total. The van der Waals surface area contributed by atoms with Crippen LogP contribution < -0.4 is 10.9 Å². The number of ether oxygens (including phenoxy) is 1. The van der Waals surface area contributed by atoms with Gasteiger partial charge in [-0.25, -0.2) is 9.78 Å². The van der Waals surface area contributed by atoms with E-state index in [1.54, 1.807) is 18.3 Å². The van der Waals surface area contributed by atoms with Crippen molar-refractivity contribution >= 4 is 11.7 Å².